The Balaban J connectivity index is 2.30. The Hall–Kier alpha value is 0.365. The van der Waals surface area contributed by atoms with E-state index in [-0.39, 0.29) is 0 Å². The van der Waals surface area contributed by atoms with Gasteiger partial charge in [-0.15, -0.1) is 0 Å². The van der Waals surface area contributed by atoms with Gasteiger partial charge in [0.1, 0.15) is 0 Å². The van der Waals surface area contributed by atoms with Crippen LogP contribution in [-0.4, -0.2) is 19.9 Å². The number of hydrogen-bond acceptors (Lipinski definition) is 0. The number of hydrogen-bond donors (Lipinski definition) is 0. The van der Waals surface area contributed by atoms with Crippen LogP contribution in [0.1, 0.15) is 0 Å². The second kappa shape index (κ2) is 3.36. The van der Waals surface area contributed by atoms with E-state index in [0.717, 1.165) is 8.58 Å². The molecule has 1 atom stereocenters. The summed E-state index contributed by atoms with van der Waals surface area (Å²) >= 11 is 0. The van der Waals surface area contributed by atoms with E-state index in [2.05, 4.69) is 14.2 Å². The molecule has 0 saturated carbocycles. The molecule has 0 fully saturated rings. The van der Waals surface area contributed by atoms with Crippen LogP contribution < -0.4 is 0 Å². The molecule has 0 aliphatic carbocycles. The Morgan fingerprint density at radius 3 is 2.25 bits per heavy atom. The van der Waals surface area contributed by atoms with Crippen molar-refractivity contribution in [2.75, 3.05) is 6.66 Å². The van der Waals surface area contributed by atoms with Crippen molar-refractivity contribution in [3.05, 3.63) is 0 Å². The van der Waals surface area contributed by atoms with Crippen LogP contribution in [0.5, 0.6) is 0 Å². The average molecular weight is 71.9 g/mol. The van der Waals surface area contributed by atoms with Crippen LogP contribution in [0.25, 0.3) is 0 Å². The molecule has 0 saturated heterocycles. The Labute approximate surface area is 29.5 Å². The summed E-state index contributed by atoms with van der Waals surface area (Å²) in [5.74, 6) is 0. The summed E-state index contributed by atoms with van der Waals surface area (Å²) in [4.78, 5) is 0. The summed E-state index contributed by atoms with van der Waals surface area (Å²) in [5.41, 5.74) is 1.90. The van der Waals surface area contributed by atoms with Gasteiger partial charge in [0.2, 0.25) is 0 Å². The Morgan fingerprint density at radius 2 is 2.25 bits per heavy atom. The molecule has 0 N–H and O–H groups in total. The van der Waals surface area contributed by atoms with Crippen molar-refractivity contribution in [1.29, 1.82) is 0 Å². The minimum absolute atomic E-state index is 0.904. The molecule has 0 radical (unpaired) electrons. The number of rotatable bonds is 1. The third-order valence-electron chi connectivity index (χ3n) is 0.204. The van der Waals surface area contributed by atoms with Crippen molar-refractivity contribution in [2.45, 2.75) is 0 Å². The first kappa shape index (κ1) is 4.36. The van der Waals surface area contributed by atoms with Gasteiger partial charge in [-0.3, -0.25) is 0 Å². The summed E-state index contributed by atoms with van der Waals surface area (Å²) in [6.07, 6.45) is 0. The Bertz CT molecular complexity index is 20.0. The topological polar surface area (TPSA) is 0 Å². The third-order valence-corrected chi connectivity index (χ3v) is 0.612. The van der Waals surface area contributed by atoms with Crippen LogP contribution in [0.3, 0.4) is 0 Å². The van der Waals surface area contributed by atoms with Crippen LogP contribution in [0.4, 0.5) is 0 Å². The molecule has 22 valence electrons. The molecule has 0 bridgehead atoms. The zero-order chi connectivity index (χ0) is 3.41. The Morgan fingerprint density at radius 1 is 2.00 bits per heavy atom. The first-order chi connectivity index (χ1) is 1.91. The second-order valence-electron chi connectivity index (χ2n) is 0.493. The molecule has 0 aromatic carbocycles. The van der Waals surface area contributed by atoms with Crippen molar-refractivity contribution >= 4 is 21.8 Å². The fourth-order valence-electron chi connectivity index (χ4n) is 0. The Kier molecular flexibility index (Phi) is 3.67. The molecular weight excluding hydrogens is 65.8 g/mol. The molecule has 0 amide bonds. The van der Waals surface area contributed by atoms with Gasteiger partial charge >= 0.3 is 28.4 Å². The molecule has 0 rings (SSSR count). The van der Waals surface area contributed by atoms with Gasteiger partial charge in [0.25, 0.3) is 0 Å². The predicted molar refractivity (Wildman–Crippen MR) is 27.5 cm³/mol. The van der Waals surface area contributed by atoms with Gasteiger partial charge in [-0.2, -0.15) is 0 Å². The standard InChI is InChI=1S/C2H6BP/c1-4-2-3/h2-4H,1H3. The molecule has 0 aliphatic rings. The first-order valence-electron chi connectivity index (χ1n) is 1.20. The van der Waals surface area contributed by atoms with Gasteiger partial charge in [-0.25, -0.2) is 0 Å². The van der Waals surface area contributed by atoms with E-state index in [0.29, 0.717) is 0 Å². The zero-order valence-corrected chi connectivity index (χ0v) is 3.78. The van der Waals surface area contributed by atoms with Crippen LogP contribution in [0.2, 0.25) is 0 Å². The van der Waals surface area contributed by atoms with Crippen LogP contribution in [0.15, 0.2) is 0 Å². The van der Waals surface area contributed by atoms with E-state index in [1.165, 1.54) is 0 Å². The normalized spacial score (nSPS) is 9.00. The minimum atomic E-state index is 0.904. The molecule has 1 unspecified atom stereocenters. The molecule has 0 aromatic rings. The summed E-state index contributed by atoms with van der Waals surface area (Å²) in [5, 5.41) is 0. The summed E-state index contributed by atoms with van der Waals surface area (Å²) in [6.45, 7) is 2.09. The monoisotopic (exact) mass is 72.0 g/mol. The van der Waals surface area contributed by atoms with E-state index in [9.17, 15) is 0 Å². The van der Waals surface area contributed by atoms with Gasteiger partial charge in [-0.05, 0) is 0 Å². The van der Waals surface area contributed by atoms with Gasteiger partial charge in [0.05, 0.1) is 0 Å². The second-order valence-corrected chi connectivity index (χ2v) is 1.48. The van der Waals surface area contributed by atoms with E-state index < -0.39 is 0 Å². The van der Waals surface area contributed by atoms with E-state index in [1.54, 1.807) is 0 Å². The maximum atomic E-state index is 3.49. The van der Waals surface area contributed by atoms with Gasteiger partial charge < -0.3 is 0 Å². The SMILES string of the molecule is B=CPC. The van der Waals surface area contributed by atoms with E-state index >= 15 is 0 Å². The summed E-state index contributed by atoms with van der Waals surface area (Å²) < 4.78 is 0. The maximum absolute atomic E-state index is 3.49. The fraction of sp³-hybridized carbons (Fsp3) is 0.500. The zero-order valence-electron chi connectivity index (χ0n) is 2.78. The first-order valence-corrected chi connectivity index (χ1v) is 2.77. The van der Waals surface area contributed by atoms with Crippen LogP contribution in [-0.2, 0) is 0 Å². The van der Waals surface area contributed by atoms with E-state index in [1.807, 2.05) is 5.71 Å². The molecule has 0 spiro atoms. The van der Waals surface area contributed by atoms with Crippen molar-refractivity contribution < 1.29 is 0 Å². The van der Waals surface area contributed by atoms with Crippen molar-refractivity contribution in [3.8, 4) is 0 Å². The fourth-order valence-corrected chi connectivity index (χ4v) is 0. The summed E-state index contributed by atoms with van der Waals surface area (Å²) in [7, 11) is 4.40. The third kappa shape index (κ3) is 2.36. The molecule has 4 heavy (non-hydrogen) atoms. The molecule has 0 aromatic heterocycles. The van der Waals surface area contributed by atoms with Crippen molar-refractivity contribution in [1.82, 2.24) is 0 Å². The average Bonchev–Trinajstić information content (AvgIpc) is 1.37. The molecule has 0 aliphatic heterocycles. The van der Waals surface area contributed by atoms with E-state index in [4.69, 9.17) is 0 Å². The van der Waals surface area contributed by atoms with Crippen molar-refractivity contribution in [2.24, 2.45) is 0 Å². The molecule has 0 heterocycles. The molecule has 2 heteroatoms. The molecular formula is C2H6BP. The van der Waals surface area contributed by atoms with Crippen molar-refractivity contribution in [3.63, 3.8) is 0 Å². The molecule has 0 nitrogen and oxygen atoms in total. The summed E-state index contributed by atoms with van der Waals surface area (Å²) in [6, 6.07) is 0. The van der Waals surface area contributed by atoms with Gasteiger partial charge in [0, 0.05) is 0 Å². The van der Waals surface area contributed by atoms with Gasteiger partial charge in [0.15, 0.2) is 0 Å². The van der Waals surface area contributed by atoms with Crippen LogP contribution in [0, 0.1) is 0 Å². The van der Waals surface area contributed by atoms with Crippen LogP contribution >= 0.6 is 8.58 Å². The quantitative estimate of drug-likeness (QED) is 0.301. The predicted octanol–water partition coefficient (Wildman–Crippen LogP) is -0.0448. The van der Waals surface area contributed by atoms with Gasteiger partial charge in [-0.1, -0.05) is 0 Å².